The number of benzene rings is 1. The Morgan fingerprint density at radius 3 is 1.87 bits per heavy atom. The van der Waals surface area contributed by atoms with E-state index in [4.69, 9.17) is 0 Å². The zero-order valence-corrected chi connectivity index (χ0v) is 12.2. The Hall–Kier alpha value is -3.34. The van der Waals surface area contributed by atoms with Crippen LogP contribution in [-0.2, 0) is 0 Å². The summed E-state index contributed by atoms with van der Waals surface area (Å²) in [6.07, 6.45) is 14.2. The van der Waals surface area contributed by atoms with Gasteiger partial charge >= 0.3 is 0 Å². The highest BCUT2D eigenvalue weighted by Crippen LogP contribution is 2.18. The second kappa shape index (κ2) is 6.62. The van der Waals surface area contributed by atoms with Crippen molar-refractivity contribution in [3.63, 3.8) is 0 Å². The molecule has 1 aromatic carbocycles. The molecular formula is C18H14N3O2-. The molecule has 0 radical (unpaired) electrons. The van der Waals surface area contributed by atoms with Crippen LogP contribution in [0.5, 0.6) is 0 Å². The highest BCUT2D eigenvalue weighted by Gasteiger charge is 2.07. The standard InChI is InChI=1S/C18H14N3O2/c22-21(23)18-12-8-15(9-13-18)14-6-10-17(11-7-14)20-19-16-4-2-1-3-5-16/h1-13,19H/q-1. The number of anilines is 1. The van der Waals surface area contributed by atoms with Crippen molar-refractivity contribution in [2.24, 2.45) is 5.10 Å². The van der Waals surface area contributed by atoms with Gasteiger partial charge in [-0.2, -0.15) is 10.0 Å². The van der Waals surface area contributed by atoms with Crippen LogP contribution in [0.15, 0.2) is 95.2 Å². The summed E-state index contributed by atoms with van der Waals surface area (Å²) in [7, 11) is 0. The zero-order chi connectivity index (χ0) is 16.1. The van der Waals surface area contributed by atoms with Crippen LogP contribution in [0.4, 0.5) is 5.69 Å². The third-order valence-corrected chi connectivity index (χ3v) is 3.37. The topological polar surface area (TPSA) is 73.5 Å². The molecule has 0 unspecified atom stereocenters. The summed E-state index contributed by atoms with van der Waals surface area (Å²) in [6, 6.07) is 9.71. The SMILES string of the molecule is [O-][N+]([O-])=C1C=CC(=C2C=CC(=NNc3ccccc3)C=C2)C=C1. The molecule has 3 rings (SSSR count). The molecule has 1 aromatic rings. The van der Waals surface area contributed by atoms with Crippen LogP contribution >= 0.6 is 0 Å². The lowest BCUT2D eigenvalue weighted by Crippen LogP contribution is -2.07. The van der Waals surface area contributed by atoms with Gasteiger partial charge in [-0.15, -0.1) is 0 Å². The van der Waals surface area contributed by atoms with Crippen molar-refractivity contribution in [2.45, 2.75) is 0 Å². The predicted molar refractivity (Wildman–Crippen MR) is 93.1 cm³/mol. The molecule has 0 amide bonds. The highest BCUT2D eigenvalue weighted by atomic mass is 16.8. The molecule has 0 spiro atoms. The summed E-state index contributed by atoms with van der Waals surface area (Å²) >= 11 is 0. The molecule has 0 aromatic heterocycles. The summed E-state index contributed by atoms with van der Waals surface area (Å²) in [5.74, 6) is 0. The first kappa shape index (κ1) is 14.6. The fraction of sp³-hybridized carbons (Fsp3) is 0. The Kier molecular flexibility index (Phi) is 4.20. The van der Waals surface area contributed by atoms with Gasteiger partial charge in [0.25, 0.3) is 0 Å². The Balaban J connectivity index is 1.71. The Morgan fingerprint density at radius 1 is 0.739 bits per heavy atom. The largest absolute Gasteiger partial charge is 0.612 e. The van der Waals surface area contributed by atoms with E-state index < -0.39 is 4.90 Å². The molecule has 0 bridgehead atoms. The van der Waals surface area contributed by atoms with Crippen molar-refractivity contribution in [1.82, 2.24) is 0 Å². The molecule has 0 saturated carbocycles. The van der Waals surface area contributed by atoms with Crippen LogP contribution < -0.4 is 5.43 Å². The van der Waals surface area contributed by atoms with Crippen molar-refractivity contribution >= 4 is 17.1 Å². The van der Waals surface area contributed by atoms with Gasteiger partial charge < -0.3 is 10.4 Å². The number of nitrogens with one attached hydrogen (secondary N) is 1. The maximum atomic E-state index is 10.7. The third kappa shape index (κ3) is 3.65. The minimum Gasteiger partial charge on any atom is -0.612 e. The maximum absolute atomic E-state index is 10.7. The highest BCUT2D eigenvalue weighted by molar-refractivity contribution is 6.06. The zero-order valence-electron chi connectivity index (χ0n) is 12.2. The van der Waals surface area contributed by atoms with Crippen molar-refractivity contribution < 1.29 is 4.90 Å². The lowest BCUT2D eigenvalue weighted by atomic mass is 9.98. The minimum absolute atomic E-state index is 0.0902. The average molecular weight is 304 g/mol. The summed E-state index contributed by atoms with van der Waals surface area (Å²) in [6.45, 7) is 0. The van der Waals surface area contributed by atoms with E-state index in [1.54, 1.807) is 12.2 Å². The molecule has 0 heterocycles. The summed E-state index contributed by atoms with van der Waals surface area (Å²) in [5, 5.41) is 25.6. The maximum Gasteiger partial charge on any atom is 0.222 e. The molecule has 23 heavy (non-hydrogen) atoms. The Labute approximate surface area is 133 Å². The molecule has 5 nitrogen and oxygen atoms in total. The quantitative estimate of drug-likeness (QED) is 0.671. The molecule has 2 aliphatic rings. The van der Waals surface area contributed by atoms with Crippen LogP contribution in [0, 0.1) is 10.4 Å². The van der Waals surface area contributed by atoms with E-state index in [0.717, 1.165) is 22.5 Å². The molecule has 5 heteroatoms. The Morgan fingerprint density at radius 2 is 1.30 bits per heavy atom. The first-order valence-corrected chi connectivity index (χ1v) is 7.09. The second-order valence-electron chi connectivity index (χ2n) is 4.94. The van der Waals surface area contributed by atoms with Crippen LogP contribution in [0.25, 0.3) is 0 Å². The first-order valence-electron chi connectivity index (χ1n) is 7.09. The number of hydrogen-bond acceptors (Lipinski definition) is 4. The molecular weight excluding hydrogens is 290 g/mol. The van der Waals surface area contributed by atoms with Crippen molar-refractivity contribution in [1.29, 1.82) is 0 Å². The molecule has 1 N–H and O–H groups in total. The predicted octanol–water partition coefficient (Wildman–Crippen LogP) is 3.45. The number of para-hydroxylation sites is 1. The van der Waals surface area contributed by atoms with Crippen LogP contribution in [0.3, 0.4) is 0 Å². The normalized spacial score (nSPS) is 16.0. The molecule has 0 aliphatic heterocycles. The minimum atomic E-state index is -0.402. The van der Waals surface area contributed by atoms with Gasteiger partial charge in [0, 0.05) is 12.2 Å². The number of hydrogen-bond donors (Lipinski definition) is 1. The van der Waals surface area contributed by atoms with Gasteiger partial charge in [-0.25, -0.2) is 0 Å². The van der Waals surface area contributed by atoms with Gasteiger partial charge in [-0.1, -0.05) is 30.4 Å². The molecule has 114 valence electrons. The number of rotatable bonds is 2. The fourth-order valence-corrected chi connectivity index (χ4v) is 2.15. The smallest absolute Gasteiger partial charge is 0.222 e. The van der Waals surface area contributed by atoms with E-state index in [-0.39, 0.29) is 5.71 Å². The third-order valence-electron chi connectivity index (χ3n) is 3.37. The fourth-order valence-electron chi connectivity index (χ4n) is 2.15. The second-order valence-corrected chi connectivity index (χ2v) is 4.94. The average Bonchev–Trinajstić information content (AvgIpc) is 2.61. The lowest BCUT2D eigenvalue weighted by molar-refractivity contribution is -0.377. The summed E-state index contributed by atoms with van der Waals surface area (Å²) in [5.41, 5.74) is 6.72. The molecule has 0 atom stereocenters. The van der Waals surface area contributed by atoms with Crippen molar-refractivity contribution in [3.05, 3.63) is 101 Å². The summed E-state index contributed by atoms with van der Waals surface area (Å²) in [4.78, 5) is -0.402. The van der Waals surface area contributed by atoms with Gasteiger partial charge in [0.2, 0.25) is 5.71 Å². The van der Waals surface area contributed by atoms with E-state index in [1.165, 1.54) is 12.2 Å². The summed E-state index contributed by atoms with van der Waals surface area (Å²) < 4.78 is 0. The Bertz CT molecular complexity index is 770. The number of nitrogens with zero attached hydrogens (tertiary/aromatic N) is 2. The van der Waals surface area contributed by atoms with E-state index in [1.807, 2.05) is 54.6 Å². The van der Waals surface area contributed by atoms with Crippen LogP contribution in [0.1, 0.15) is 0 Å². The van der Waals surface area contributed by atoms with Crippen molar-refractivity contribution in [3.8, 4) is 0 Å². The number of hydrazone groups is 1. The monoisotopic (exact) mass is 304 g/mol. The lowest BCUT2D eigenvalue weighted by Gasteiger charge is -2.10. The number of allylic oxidation sites excluding steroid dienone is 10. The first-order chi connectivity index (χ1) is 11.2. The van der Waals surface area contributed by atoms with Crippen LogP contribution in [-0.4, -0.2) is 16.3 Å². The van der Waals surface area contributed by atoms with Gasteiger partial charge in [0.1, 0.15) is 0 Å². The van der Waals surface area contributed by atoms with E-state index >= 15 is 0 Å². The molecule has 0 fully saturated rings. The van der Waals surface area contributed by atoms with E-state index in [2.05, 4.69) is 10.5 Å². The van der Waals surface area contributed by atoms with Gasteiger partial charge in [-0.3, -0.25) is 5.43 Å². The molecule has 2 aliphatic carbocycles. The molecule has 0 saturated heterocycles. The van der Waals surface area contributed by atoms with E-state index in [9.17, 15) is 10.4 Å². The van der Waals surface area contributed by atoms with Gasteiger partial charge in [0.05, 0.1) is 11.4 Å². The van der Waals surface area contributed by atoms with Crippen LogP contribution in [0.2, 0.25) is 0 Å². The van der Waals surface area contributed by atoms with E-state index in [0.29, 0.717) is 0 Å². The van der Waals surface area contributed by atoms with Gasteiger partial charge in [0.15, 0.2) is 0 Å². The van der Waals surface area contributed by atoms with Gasteiger partial charge in [-0.05, 0) is 47.6 Å². The van der Waals surface area contributed by atoms with Crippen molar-refractivity contribution in [2.75, 3.05) is 5.43 Å².